The predicted octanol–water partition coefficient (Wildman–Crippen LogP) is 5.31. The summed E-state index contributed by atoms with van der Waals surface area (Å²) in [5, 5.41) is 0.113. The van der Waals surface area contributed by atoms with Crippen LogP contribution in [0, 0.1) is 13.8 Å². The van der Waals surface area contributed by atoms with E-state index in [0.29, 0.717) is 10.0 Å². The minimum absolute atomic E-state index is 0.0566. The molecule has 4 rings (SSSR count). The number of carbonyl (C=O) groups is 1. The summed E-state index contributed by atoms with van der Waals surface area (Å²) in [7, 11) is -3.88. The number of nitrogens with zero attached hydrogens (tertiary/aromatic N) is 3. The van der Waals surface area contributed by atoms with Crippen LogP contribution >= 0.6 is 39.1 Å². The second-order valence-corrected chi connectivity index (χ2v) is 11.5. The summed E-state index contributed by atoms with van der Waals surface area (Å²) in [6, 6.07) is 14.6. The number of carbonyl (C=O) groups excluding carboxylic acids is 1. The minimum Gasteiger partial charge on any atom is -0.336 e. The van der Waals surface area contributed by atoms with Crippen LogP contribution in [0.2, 0.25) is 10.0 Å². The number of amides is 1. The van der Waals surface area contributed by atoms with Crippen molar-refractivity contribution in [2.24, 2.45) is 0 Å². The Labute approximate surface area is 211 Å². The summed E-state index contributed by atoms with van der Waals surface area (Å²) in [6.07, 6.45) is 0. The van der Waals surface area contributed by atoms with E-state index >= 15 is 0 Å². The summed E-state index contributed by atoms with van der Waals surface area (Å²) >= 11 is 15.6. The molecule has 0 spiro atoms. The van der Waals surface area contributed by atoms with Crippen molar-refractivity contribution >= 4 is 55.1 Å². The van der Waals surface area contributed by atoms with Gasteiger partial charge in [0.05, 0.1) is 10.0 Å². The molecule has 0 bridgehead atoms. The average Bonchev–Trinajstić information content (AvgIpc) is 3.10. The topological polar surface area (TPSA) is 62.6 Å². The van der Waals surface area contributed by atoms with Crippen LogP contribution in [-0.2, 0) is 10.0 Å². The van der Waals surface area contributed by atoms with Crippen LogP contribution in [0.5, 0.6) is 0 Å². The lowest BCUT2D eigenvalue weighted by atomic mass is 10.1. The monoisotopic (exact) mass is 569 g/mol. The molecule has 0 unspecified atom stereocenters. The fourth-order valence-electron chi connectivity index (χ4n) is 4.05. The van der Waals surface area contributed by atoms with Gasteiger partial charge in [0.25, 0.3) is 5.91 Å². The third-order valence-electron chi connectivity index (χ3n) is 5.73. The Kier molecular flexibility index (Phi) is 6.94. The van der Waals surface area contributed by atoms with E-state index < -0.39 is 10.0 Å². The van der Waals surface area contributed by atoms with Crippen molar-refractivity contribution in [3.8, 4) is 5.69 Å². The highest BCUT2D eigenvalue weighted by atomic mass is 79.9. The van der Waals surface area contributed by atoms with Crippen LogP contribution in [0.1, 0.15) is 21.7 Å². The number of piperazine rings is 1. The van der Waals surface area contributed by atoms with E-state index in [0.717, 1.165) is 17.1 Å². The van der Waals surface area contributed by atoms with Gasteiger partial charge in [-0.3, -0.25) is 4.79 Å². The summed E-state index contributed by atoms with van der Waals surface area (Å²) in [4.78, 5) is 14.6. The Morgan fingerprint density at radius 3 is 1.91 bits per heavy atom. The second kappa shape index (κ2) is 9.43. The number of rotatable bonds is 4. The van der Waals surface area contributed by atoms with Gasteiger partial charge in [-0.25, -0.2) is 8.42 Å². The Morgan fingerprint density at radius 1 is 0.879 bits per heavy atom. The fraction of sp³-hybridized carbons (Fsp3) is 0.261. The van der Waals surface area contributed by atoms with Gasteiger partial charge in [-0.05, 0) is 62.4 Å². The Hall–Kier alpha value is -1.84. The van der Waals surface area contributed by atoms with E-state index in [9.17, 15) is 13.2 Å². The standard InChI is InChI=1S/C23H22BrCl2N3O3S/c1-15-3-4-16(2)29(15)19-7-5-17(6-8-19)23(30)27-9-11-28(12-10-27)33(31,32)22-20(25)13-18(24)14-21(22)26/h3-8,13-14H,9-12H2,1-2H3. The third kappa shape index (κ3) is 4.72. The maximum absolute atomic E-state index is 13.1. The van der Waals surface area contributed by atoms with Gasteiger partial charge in [-0.15, -0.1) is 0 Å². The van der Waals surface area contributed by atoms with Gasteiger partial charge in [0.2, 0.25) is 10.0 Å². The zero-order valence-corrected chi connectivity index (χ0v) is 22.0. The number of benzene rings is 2. The molecular formula is C23H22BrCl2N3O3S. The van der Waals surface area contributed by atoms with Crippen LogP contribution in [0.4, 0.5) is 0 Å². The van der Waals surface area contributed by atoms with Crippen molar-refractivity contribution < 1.29 is 13.2 Å². The number of sulfonamides is 1. The van der Waals surface area contributed by atoms with Crippen molar-refractivity contribution in [3.05, 3.63) is 80.0 Å². The van der Waals surface area contributed by atoms with Gasteiger partial charge in [0.15, 0.2) is 0 Å². The Bertz CT molecular complexity index is 1270. The van der Waals surface area contributed by atoms with Crippen molar-refractivity contribution in [1.29, 1.82) is 0 Å². The molecule has 1 fully saturated rings. The molecule has 0 radical (unpaired) electrons. The average molecular weight is 571 g/mol. The highest BCUT2D eigenvalue weighted by Gasteiger charge is 2.33. The van der Waals surface area contributed by atoms with Gasteiger partial charge in [-0.1, -0.05) is 39.1 Å². The third-order valence-corrected chi connectivity index (χ3v) is 9.01. The first-order chi connectivity index (χ1) is 15.6. The first-order valence-electron chi connectivity index (χ1n) is 10.3. The number of hydrogen-bond donors (Lipinski definition) is 0. The molecule has 3 aromatic rings. The Morgan fingerprint density at radius 2 is 1.39 bits per heavy atom. The molecule has 1 amide bonds. The molecule has 0 saturated carbocycles. The first kappa shape index (κ1) is 24.3. The van der Waals surface area contributed by atoms with Crippen LogP contribution in [0.3, 0.4) is 0 Å². The number of aryl methyl sites for hydroxylation is 2. The maximum atomic E-state index is 13.1. The van der Waals surface area contributed by atoms with E-state index in [1.807, 2.05) is 26.0 Å². The molecule has 0 aliphatic carbocycles. The number of aromatic nitrogens is 1. The minimum atomic E-state index is -3.88. The molecule has 2 heterocycles. The van der Waals surface area contributed by atoms with E-state index in [4.69, 9.17) is 23.2 Å². The zero-order valence-electron chi connectivity index (χ0n) is 18.1. The molecule has 1 aliphatic heterocycles. The first-order valence-corrected chi connectivity index (χ1v) is 13.3. The highest BCUT2D eigenvalue weighted by Crippen LogP contribution is 2.35. The molecule has 1 aliphatic rings. The van der Waals surface area contributed by atoms with Gasteiger partial charge >= 0.3 is 0 Å². The highest BCUT2D eigenvalue weighted by molar-refractivity contribution is 9.10. The van der Waals surface area contributed by atoms with Crippen molar-refractivity contribution in [1.82, 2.24) is 13.8 Å². The smallest absolute Gasteiger partial charge is 0.253 e. The molecule has 0 atom stereocenters. The molecule has 33 heavy (non-hydrogen) atoms. The van der Waals surface area contributed by atoms with E-state index in [1.165, 1.54) is 16.4 Å². The lowest BCUT2D eigenvalue weighted by molar-refractivity contribution is 0.0698. The summed E-state index contributed by atoms with van der Waals surface area (Å²) in [5.41, 5.74) is 3.80. The molecule has 2 aromatic carbocycles. The lowest BCUT2D eigenvalue weighted by Gasteiger charge is -2.34. The Balaban J connectivity index is 1.46. The van der Waals surface area contributed by atoms with Gasteiger partial charge < -0.3 is 9.47 Å². The predicted molar refractivity (Wildman–Crippen MR) is 134 cm³/mol. The summed E-state index contributed by atoms with van der Waals surface area (Å²) in [6.45, 7) is 4.96. The molecule has 10 heteroatoms. The SMILES string of the molecule is Cc1ccc(C)n1-c1ccc(C(=O)N2CCN(S(=O)(=O)c3c(Cl)cc(Br)cc3Cl)CC2)cc1. The molecule has 1 aromatic heterocycles. The second-order valence-electron chi connectivity index (χ2n) is 7.89. The van der Waals surface area contributed by atoms with Crippen LogP contribution in [0.25, 0.3) is 5.69 Å². The van der Waals surface area contributed by atoms with Gasteiger partial charge in [-0.2, -0.15) is 4.31 Å². The largest absolute Gasteiger partial charge is 0.336 e. The lowest BCUT2D eigenvalue weighted by Crippen LogP contribution is -2.50. The summed E-state index contributed by atoms with van der Waals surface area (Å²) in [5.74, 6) is -0.126. The van der Waals surface area contributed by atoms with Gasteiger partial charge in [0, 0.05) is 53.3 Å². The van der Waals surface area contributed by atoms with E-state index in [1.54, 1.807) is 17.0 Å². The molecular weight excluding hydrogens is 549 g/mol. The molecule has 6 nitrogen and oxygen atoms in total. The van der Waals surface area contributed by atoms with Crippen LogP contribution in [0.15, 0.2) is 57.9 Å². The number of hydrogen-bond acceptors (Lipinski definition) is 3. The fourth-order valence-corrected chi connectivity index (χ4v) is 7.35. The quantitative estimate of drug-likeness (QED) is 0.427. The molecule has 174 valence electrons. The van der Waals surface area contributed by atoms with Crippen LogP contribution < -0.4 is 0 Å². The maximum Gasteiger partial charge on any atom is 0.253 e. The van der Waals surface area contributed by atoms with Crippen LogP contribution in [-0.4, -0.2) is 54.3 Å². The summed E-state index contributed by atoms with van der Waals surface area (Å²) < 4.78 is 30.3. The van der Waals surface area contributed by atoms with Crippen molar-refractivity contribution in [2.45, 2.75) is 18.7 Å². The van der Waals surface area contributed by atoms with E-state index in [-0.39, 0.29) is 47.0 Å². The van der Waals surface area contributed by atoms with Crippen molar-refractivity contribution in [2.75, 3.05) is 26.2 Å². The van der Waals surface area contributed by atoms with Crippen molar-refractivity contribution in [3.63, 3.8) is 0 Å². The van der Waals surface area contributed by atoms with Gasteiger partial charge in [0.1, 0.15) is 4.90 Å². The molecule has 0 N–H and O–H groups in total. The van der Waals surface area contributed by atoms with E-state index in [2.05, 4.69) is 32.6 Å². The zero-order chi connectivity index (χ0) is 23.9. The normalized spacial score (nSPS) is 15.1. The molecule has 1 saturated heterocycles. The number of halogens is 3.